The summed E-state index contributed by atoms with van der Waals surface area (Å²) >= 11 is 0. The maximum atomic E-state index is 12.5. The Morgan fingerprint density at radius 3 is 1.97 bits per heavy atom. The highest BCUT2D eigenvalue weighted by molar-refractivity contribution is 5.81. The van der Waals surface area contributed by atoms with Gasteiger partial charge in [-0.3, -0.25) is 4.79 Å². The third kappa shape index (κ3) is 8.60. The number of amides is 1. The molecule has 0 radical (unpaired) electrons. The van der Waals surface area contributed by atoms with Gasteiger partial charge < -0.3 is 14.8 Å². The Kier molecular flexibility index (Phi) is 9.42. The molecular formula is C23H27NO5. The molecule has 6 nitrogen and oxygen atoms in total. The average Bonchev–Trinajstić information content (AvgIpc) is 2.76. The van der Waals surface area contributed by atoms with E-state index >= 15 is 0 Å². The molecule has 154 valence electrons. The van der Waals surface area contributed by atoms with Crippen molar-refractivity contribution < 1.29 is 23.9 Å². The smallest absolute Gasteiger partial charge is 0.408 e. The van der Waals surface area contributed by atoms with E-state index in [-0.39, 0.29) is 19.0 Å². The highest BCUT2D eigenvalue weighted by atomic mass is 16.6. The lowest BCUT2D eigenvalue weighted by Crippen LogP contribution is -2.42. The Hall–Kier alpha value is -3.15. The van der Waals surface area contributed by atoms with Crippen LogP contribution in [0.3, 0.4) is 0 Å². The number of carbonyl (C=O) groups is 3. The fourth-order valence-corrected chi connectivity index (χ4v) is 2.67. The van der Waals surface area contributed by atoms with Crippen molar-refractivity contribution in [1.29, 1.82) is 0 Å². The van der Waals surface area contributed by atoms with Crippen LogP contribution in [0.5, 0.6) is 0 Å². The van der Waals surface area contributed by atoms with Crippen molar-refractivity contribution in [3.8, 4) is 0 Å². The number of Topliss-reactive ketones (excluding diaryl/α,β-unsaturated/α-hetero) is 1. The average molecular weight is 397 g/mol. The van der Waals surface area contributed by atoms with Crippen molar-refractivity contribution in [2.24, 2.45) is 0 Å². The predicted molar refractivity (Wildman–Crippen MR) is 109 cm³/mol. The molecule has 0 spiro atoms. The van der Waals surface area contributed by atoms with E-state index in [0.717, 1.165) is 11.1 Å². The summed E-state index contributed by atoms with van der Waals surface area (Å²) < 4.78 is 10.5. The lowest BCUT2D eigenvalue weighted by molar-refractivity contribution is -0.147. The summed E-state index contributed by atoms with van der Waals surface area (Å²) in [5.74, 6) is -0.428. The third-order valence-electron chi connectivity index (χ3n) is 4.36. The Bertz CT molecular complexity index is 776. The standard InChI is InChI=1S/C23H27NO5/c1-2-20(25)14-9-15-21(22(26)28-16-18-10-5-3-6-11-18)24-23(27)29-17-19-12-7-4-8-13-19/h3-8,10-13,21H,2,9,14-17H2,1H3,(H,24,27)/t21-/m0/s1. The summed E-state index contributed by atoms with van der Waals surface area (Å²) in [4.78, 5) is 36.2. The van der Waals surface area contributed by atoms with E-state index in [1.54, 1.807) is 6.92 Å². The number of ketones is 1. The number of alkyl carbamates (subject to hydrolysis) is 1. The molecular weight excluding hydrogens is 370 g/mol. The van der Waals surface area contributed by atoms with Crippen LogP contribution < -0.4 is 5.32 Å². The maximum Gasteiger partial charge on any atom is 0.408 e. The highest BCUT2D eigenvalue weighted by Gasteiger charge is 2.23. The number of carbonyl (C=O) groups excluding carboxylic acids is 3. The van der Waals surface area contributed by atoms with Crippen LogP contribution in [0.2, 0.25) is 0 Å². The molecule has 0 bridgehead atoms. The molecule has 0 aromatic heterocycles. The van der Waals surface area contributed by atoms with Crippen molar-refractivity contribution in [2.45, 2.75) is 51.9 Å². The van der Waals surface area contributed by atoms with Gasteiger partial charge in [-0.05, 0) is 24.0 Å². The van der Waals surface area contributed by atoms with Crippen LogP contribution in [0.25, 0.3) is 0 Å². The monoisotopic (exact) mass is 397 g/mol. The fourth-order valence-electron chi connectivity index (χ4n) is 2.67. The van der Waals surface area contributed by atoms with Gasteiger partial charge in [0, 0.05) is 12.8 Å². The Morgan fingerprint density at radius 2 is 1.41 bits per heavy atom. The summed E-state index contributed by atoms with van der Waals surface area (Å²) in [6.45, 7) is 2.02. The minimum atomic E-state index is -0.869. The van der Waals surface area contributed by atoms with Crippen molar-refractivity contribution in [3.05, 3.63) is 71.8 Å². The van der Waals surface area contributed by atoms with Crippen LogP contribution in [0.4, 0.5) is 4.79 Å². The van der Waals surface area contributed by atoms with Gasteiger partial charge in [-0.1, -0.05) is 67.6 Å². The number of rotatable bonds is 11. The minimum Gasteiger partial charge on any atom is -0.459 e. The molecule has 0 heterocycles. The van der Waals surface area contributed by atoms with Gasteiger partial charge in [0.05, 0.1) is 0 Å². The fraction of sp³-hybridized carbons (Fsp3) is 0.348. The Labute approximate surface area is 171 Å². The molecule has 0 fully saturated rings. The lowest BCUT2D eigenvalue weighted by atomic mass is 10.1. The number of esters is 1. The first-order chi connectivity index (χ1) is 14.1. The van der Waals surface area contributed by atoms with Crippen LogP contribution in [0.15, 0.2) is 60.7 Å². The molecule has 0 aliphatic rings. The van der Waals surface area contributed by atoms with E-state index in [4.69, 9.17) is 9.47 Å². The van der Waals surface area contributed by atoms with E-state index in [1.807, 2.05) is 60.7 Å². The molecule has 0 aliphatic heterocycles. The first-order valence-corrected chi connectivity index (χ1v) is 9.78. The van der Waals surface area contributed by atoms with Gasteiger partial charge in [0.25, 0.3) is 0 Å². The highest BCUT2D eigenvalue weighted by Crippen LogP contribution is 2.09. The van der Waals surface area contributed by atoms with Crippen molar-refractivity contribution in [1.82, 2.24) is 5.32 Å². The van der Waals surface area contributed by atoms with E-state index in [2.05, 4.69) is 5.32 Å². The first kappa shape index (κ1) is 22.1. The van der Waals surface area contributed by atoms with Crippen LogP contribution in [-0.4, -0.2) is 23.9 Å². The SMILES string of the molecule is CCC(=O)CCC[C@H](NC(=O)OCc1ccccc1)C(=O)OCc1ccccc1. The molecule has 1 atom stereocenters. The number of benzene rings is 2. The normalized spacial score (nSPS) is 11.3. The number of nitrogens with one attached hydrogen (secondary N) is 1. The third-order valence-corrected chi connectivity index (χ3v) is 4.36. The van der Waals surface area contributed by atoms with Crippen molar-refractivity contribution in [2.75, 3.05) is 0 Å². The summed E-state index contributed by atoms with van der Waals surface area (Å²) in [6.07, 6.45) is 0.906. The first-order valence-electron chi connectivity index (χ1n) is 9.78. The number of hydrogen-bond donors (Lipinski definition) is 1. The van der Waals surface area contributed by atoms with Gasteiger partial charge in [-0.25, -0.2) is 9.59 Å². The van der Waals surface area contributed by atoms with Gasteiger partial charge in [0.2, 0.25) is 0 Å². The van der Waals surface area contributed by atoms with Gasteiger partial charge >= 0.3 is 12.1 Å². The quantitative estimate of drug-likeness (QED) is 0.576. The zero-order chi connectivity index (χ0) is 20.9. The predicted octanol–water partition coefficient (Wildman–Crippen LogP) is 4.17. The van der Waals surface area contributed by atoms with Crippen LogP contribution in [0.1, 0.15) is 43.7 Å². The van der Waals surface area contributed by atoms with Crippen molar-refractivity contribution >= 4 is 17.8 Å². The zero-order valence-corrected chi connectivity index (χ0v) is 16.6. The molecule has 0 aliphatic carbocycles. The number of ether oxygens (including phenoxy) is 2. The minimum absolute atomic E-state index is 0.104. The van der Waals surface area contributed by atoms with E-state index in [1.165, 1.54) is 0 Å². The summed E-state index contributed by atoms with van der Waals surface area (Å²) in [7, 11) is 0. The summed E-state index contributed by atoms with van der Waals surface area (Å²) in [5.41, 5.74) is 1.70. The number of hydrogen-bond acceptors (Lipinski definition) is 5. The second-order valence-electron chi connectivity index (χ2n) is 6.64. The maximum absolute atomic E-state index is 12.5. The molecule has 1 N–H and O–H groups in total. The summed E-state index contributed by atoms with van der Waals surface area (Å²) in [5, 5.41) is 2.57. The molecule has 1 amide bonds. The van der Waals surface area contributed by atoms with Gasteiger partial charge in [0.1, 0.15) is 25.0 Å². The summed E-state index contributed by atoms with van der Waals surface area (Å²) in [6, 6.07) is 17.7. The van der Waals surface area contributed by atoms with E-state index < -0.39 is 18.1 Å². The van der Waals surface area contributed by atoms with Crippen LogP contribution >= 0.6 is 0 Å². The van der Waals surface area contributed by atoms with Gasteiger partial charge in [0.15, 0.2) is 0 Å². The van der Waals surface area contributed by atoms with Gasteiger partial charge in [-0.2, -0.15) is 0 Å². The molecule has 0 saturated carbocycles. The lowest BCUT2D eigenvalue weighted by Gasteiger charge is -2.17. The molecule has 2 aromatic rings. The largest absolute Gasteiger partial charge is 0.459 e. The molecule has 2 aromatic carbocycles. The molecule has 0 unspecified atom stereocenters. The Morgan fingerprint density at radius 1 is 0.862 bits per heavy atom. The van der Waals surface area contributed by atoms with E-state index in [0.29, 0.717) is 25.7 Å². The van der Waals surface area contributed by atoms with Crippen LogP contribution in [0, 0.1) is 0 Å². The molecule has 0 saturated heterocycles. The van der Waals surface area contributed by atoms with Gasteiger partial charge in [-0.15, -0.1) is 0 Å². The Balaban J connectivity index is 1.88. The molecule has 2 rings (SSSR count). The van der Waals surface area contributed by atoms with Crippen LogP contribution in [-0.2, 0) is 32.3 Å². The van der Waals surface area contributed by atoms with Crippen molar-refractivity contribution in [3.63, 3.8) is 0 Å². The molecule has 29 heavy (non-hydrogen) atoms. The second-order valence-corrected chi connectivity index (χ2v) is 6.64. The topological polar surface area (TPSA) is 81.7 Å². The second kappa shape index (κ2) is 12.3. The van der Waals surface area contributed by atoms with E-state index in [9.17, 15) is 14.4 Å². The zero-order valence-electron chi connectivity index (χ0n) is 16.6. The molecule has 6 heteroatoms.